The summed E-state index contributed by atoms with van der Waals surface area (Å²) in [6, 6.07) is 24.3. The minimum atomic E-state index is -0.251. The number of guanidine groups is 1. The van der Waals surface area contributed by atoms with Gasteiger partial charge in [0.1, 0.15) is 15.9 Å². The van der Waals surface area contributed by atoms with Crippen molar-refractivity contribution in [3.05, 3.63) is 114 Å². The van der Waals surface area contributed by atoms with E-state index in [4.69, 9.17) is 25.7 Å². The monoisotopic (exact) mass is 886 g/mol. The van der Waals surface area contributed by atoms with E-state index in [1.165, 1.54) is 23.5 Å². The van der Waals surface area contributed by atoms with Gasteiger partial charge in [-0.1, -0.05) is 44.2 Å². The van der Waals surface area contributed by atoms with Crippen LogP contribution in [0.1, 0.15) is 59.3 Å². The highest BCUT2D eigenvalue weighted by Crippen LogP contribution is 2.29. The van der Waals surface area contributed by atoms with E-state index in [0.29, 0.717) is 67.0 Å². The van der Waals surface area contributed by atoms with Crippen LogP contribution in [0.2, 0.25) is 0 Å². The number of nitrogens with two attached hydrogens (primary N) is 1. The standard InChI is InChI=1S/C45H54N14O2S2/c1-5-31(3)49-44(54-42(46)58-25-21-56(4)22-26-58)62-38-29-33(18-20-47-38)39(60)50-35-16-14-32(15-17-35)30-57-23-27-59(28-24-57)43-52-37(6-2)53-45(55-43)63-41-36(13-10-19-48-41)40(61)51-34-11-8-7-9-12-34/h7-20,29,31H,5-6,21-28,30H2,1-4H3,(H,50,60)(H,51,61)(H2,46,49,54). The van der Waals surface area contributed by atoms with Crippen molar-refractivity contribution in [3.63, 3.8) is 0 Å². The summed E-state index contributed by atoms with van der Waals surface area (Å²) < 4.78 is 0. The highest BCUT2D eigenvalue weighted by atomic mass is 32.2. The Kier molecular flexibility index (Phi) is 15.7. The Morgan fingerprint density at radius 1 is 0.810 bits per heavy atom. The Bertz CT molecular complexity index is 2390. The number of aryl methyl sites for hydroxylation is 1. The molecule has 5 aromatic rings. The van der Waals surface area contributed by atoms with Crippen LogP contribution in [0, 0.1) is 0 Å². The number of thioether (sulfide) groups is 1. The summed E-state index contributed by atoms with van der Waals surface area (Å²) in [6.07, 6.45) is 4.79. The number of pyridine rings is 2. The predicted molar refractivity (Wildman–Crippen MR) is 252 cm³/mol. The third-order valence-corrected chi connectivity index (χ3v) is 12.3. The lowest BCUT2D eigenvalue weighted by Crippen LogP contribution is -2.50. The minimum Gasteiger partial charge on any atom is -0.369 e. The van der Waals surface area contributed by atoms with Crippen molar-refractivity contribution in [2.45, 2.75) is 61.4 Å². The van der Waals surface area contributed by atoms with Crippen LogP contribution in [0.15, 0.2) is 116 Å². The maximum absolute atomic E-state index is 13.4. The van der Waals surface area contributed by atoms with E-state index >= 15 is 0 Å². The van der Waals surface area contributed by atoms with E-state index < -0.39 is 0 Å². The van der Waals surface area contributed by atoms with Crippen LogP contribution in [0.3, 0.4) is 0 Å². The zero-order chi connectivity index (χ0) is 44.1. The third kappa shape index (κ3) is 12.8. The summed E-state index contributed by atoms with van der Waals surface area (Å²) in [7, 11) is 2.10. The number of nitrogens with zero attached hydrogens (tertiary/aromatic N) is 11. The fraction of sp³-hybridized carbons (Fsp3) is 0.356. The molecule has 16 nitrogen and oxygen atoms in total. The molecule has 2 aromatic carbocycles. The fourth-order valence-corrected chi connectivity index (χ4v) is 8.40. The maximum atomic E-state index is 13.4. The number of anilines is 3. The van der Waals surface area contributed by atoms with Gasteiger partial charge in [-0.3, -0.25) is 19.5 Å². The number of amidine groups is 1. The average molecular weight is 887 g/mol. The van der Waals surface area contributed by atoms with Gasteiger partial charge in [0.15, 0.2) is 16.3 Å². The van der Waals surface area contributed by atoms with Crippen molar-refractivity contribution in [1.29, 1.82) is 0 Å². The Labute approximate surface area is 377 Å². The van der Waals surface area contributed by atoms with E-state index in [9.17, 15) is 9.59 Å². The lowest BCUT2D eigenvalue weighted by atomic mass is 10.1. The molecule has 328 valence electrons. The SMILES string of the molecule is CCc1nc(Sc2ncccc2C(=O)Nc2ccccc2)nc(N2CCN(Cc3ccc(NC(=O)c4ccnc(SC(=NC(C)CC)/N=C(\N)N5CCN(C)CC5)c4)cc3)CC2)n1. The summed E-state index contributed by atoms with van der Waals surface area (Å²) in [5, 5.41) is 8.12. The molecule has 2 aliphatic rings. The van der Waals surface area contributed by atoms with Crippen molar-refractivity contribution in [2.75, 3.05) is 74.9 Å². The van der Waals surface area contributed by atoms with Gasteiger partial charge in [0.05, 0.1) is 5.56 Å². The molecule has 18 heteroatoms. The van der Waals surface area contributed by atoms with Gasteiger partial charge >= 0.3 is 0 Å². The number of nitrogens with one attached hydrogen (secondary N) is 2. The number of benzene rings is 2. The predicted octanol–water partition coefficient (Wildman–Crippen LogP) is 6.01. The minimum absolute atomic E-state index is 0.0573. The molecule has 4 N–H and O–H groups in total. The third-order valence-electron chi connectivity index (χ3n) is 10.6. The number of rotatable bonds is 13. The van der Waals surface area contributed by atoms with Gasteiger partial charge in [-0.2, -0.15) is 15.0 Å². The first-order valence-electron chi connectivity index (χ1n) is 21.2. The summed E-state index contributed by atoms with van der Waals surface area (Å²) in [5.74, 6) is 1.26. The smallest absolute Gasteiger partial charge is 0.258 e. The number of likely N-dealkylation sites (N-methyl/N-ethyl adjacent to an activating group) is 1. The Balaban J connectivity index is 0.923. The second kappa shape index (κ2) is 21.9. The number of aliphatic imine (C=N–C) groups is 2. The second-order valence-electron chi connectivity index (χ2n) is 15.3. The number of carbonyl (C=O) groups excluding carboxylic acids is 2. The zero-order valence-electron chi connectivity index (χ0n) is 36.1. The Morgan fingerprint density at radius 3 is 2.27 bits per heavy atom. The number of hydrogen-bond acceptors (Lipinski definition) is 13. The van der Waals surface area contributed by atoms with E-state index in [1.54, 1.807) is 36.7 Å². The van der Waals surface area contributed by atoms with Crippen molar-refractivity contribution >= 4 is 63.8 Å². The number of carbonyl (C=O) groups is 2. The molecule has 0 saturated carbocycles. The van der Waals surface area contributed by atoms with Crippen molar-refractivity contribution < 1.29 is 9.59 Å². The van der Waals surface area contributed by atoms with Gasteiger partial charge < -0.3 is 31.1 Å². The normalized spacial score (nSPS) is 15.9. The Hall–Kier alpha value is -5.95. The lowest BCUT2D eigenvalue weighted by Gasteiger charge is -2.34. The van der Waals surface area contributed by atoms with Crippen LogP contribution in [0.5, 0.6) is 0 Å². The number of amides is 2. The molecular formula is C45H54N14O2S2. The Morgan fingerprint density at radius 2 is 1.54 bits per heavy atom. The molecule has 2 amide bonds. The molecule has 2 aliphatic heterocycles. The molecule has 1 atom stereocenters. The largest absolute Gasteiger partial charge is 0.369 e. The maximum Gasteiger partial charge on any atom is 0.258 e. The molecule has 2 fully saturated rings. The molecule has 0 aliphatic carbocycles. The molecule has 0 bridgehead atoms. The first-order valence-corrected chi connectivity index (χ1v) is 22.9. The van der Waals surface area contributed by atoms with E-state index in [-0.39, 0.29) is 17.9 Å². The van der Waals surface area contributed by atoms with Gasteiger partial charge in [-0.15, -0.1) is 0 Å². The van der Waals surface area contributed by atoms with E-state index in [1.807, 2.05) is 68.4 Å². The summed E-state index contributed by atoms with van der Waals surface area (Å²) >= 11 is 2.57. The molecule has 5 heterocycles. The van der Waals surface area contributed by atoms with Gasteiger partial charge in [0, 0.05) is 101 Å². The number of aromatic nitrogens is 5. The van der Waals surface area contributed by atoms with Crippen LogP contribution in [-0.2, 0) is 13.0 Å². The highest BCUT2D eigenvalue weighted by molar-refractivity contribution is 8.13. The molecule has 3 aromatic heterocycles. The summed E-state index contributed by atoms with van der Waals surface area (Å²) in [6.45, 7) is 13.5. The molecule has 0 radical (unpaired) electrons. The first-order chi connectivity index (χ1) is 30.6. The number of hydrogen-bond donors (Lipinski definition) is 3. The topological polar surface area (TPSA) is 186 Å². The molecule has 7 rings (SSSR count). The van der Waals surface area contributed by atoms with Crippen LogP contribution in [0.25, 0.3) is 0 Å². The van der Waals surface area contributed by atoms with E-state index in [0.717, 1.165) is 70.9 Å². The molecular weight excluding hydrogens is 833 g/mol. The van der Waals surface area contributed by atoms with Crippen LogP contribution in [0.4, 0.5) is 17.3 Å². The number of piperazine rings is 2. The first kappa shape index (κ1) is 45.1. The van der Waals surface area contributed by atoms with Crippen molar-refractivity contribution in [1.82, 2.24) is 39.6 Å². The van der Waals surface area contributed by atoms with Gasteiger partial charge in [-0.05, 0) is 98.0 Å². The molecule has 1 unspecified atom stereocenters. The summed E-state index contributed by atoms with van der Waals surface area (Å²) in [5.41, 5.74) is 9.91. The second-order valence-corrected chi connectivity index (χ2v) is 17.2. The van der Waals surface area contributed by atoms with Crippen LogP contribution < -0.4 is 21.3 Å². The average Bonchev–Trinajstić information content (AvgIpc) is 3.30. The lowest BCUT2D eigenvalue weighted by molar-refractivity contribution is 0.101. The van der Waals surface area contributed by atoms with Crippen LogP contribution >= 0.6 is 23.5 Å². The zero-order valence-corrected chi connectivity index (χ0v) is 37.8. The van der Waals surface area contributed by atoms with Crippen LogP contribution in [-0.4, -0.2) is 128 Å². The molecule has 63 heavy (non-hydrogen) atoms. The number of para-hydroxylation sites is 1. The van der Waals surface area contributed by atoms with Gasteiger partial charge in [0.2, 0.25) is 5.95 Å². The van der Waals surface area contributed by atoms with Gasteiger partial charge in [0.25, 0.3) is 11.8 Å². The molecule has 2 saturated heterocycles. The van der Waals surface area contributed by atoms with Crippen molar-refractivity contribution in [2.24, 2.45) is 15.7 Å². The molecule has 0 spiro atoms. The summed E-state index contributed by atoms with van der Waals surface area (Å²) in [4.78, 5) is 68.3. The highest BCUT2D eigenvalue weighted by Gasteiger charge is 2.23. The van der Waals surface area contributed by atoms with Gasteiger partial charge in [-0.25, -0.2) is 15.0 Å². The van der Waals surface area contributed by atoms with Crippen molar-refractivity contribution in [3.8, 4) is 0 Å². The van der Waals surface area contributed by atoms with E-state index in [2.05, 4.69) is 59.2 Å². The quantitative estimate of drug-likeness (QED) is 0.0709. The fourth-order valence-electron chi connectivity index (χ4n) is 6.71.